The molecule has 3 amide bonds. The van der Waals surface area contributed by atoms with Crippen LogP contribution in [0.15, 0.2) is 53.4 Å². The first-order chi connectivity index (χ1) is 15.6. The Balaban J connectivity index is 1.57. The van der Waals surface area contributed by atoms with E-state index in [-0.39, 0.29) is 40.8 Å². The Hall–Kier alpha value is -3.77. The number of benzene rings is 2. The van der Waals surface area contributed by atoms with Crippen molar-refractivity contribution in [3.63, 3.8) is 0 Å². The molecule has 0 bridgehead atoms. The first-order valence-corrected chi connectivity index (χ1v) is 11.2. The molecule has 0 saturated carbocycles. The van der Waals surface area contributed by atoms with Gasteiger partial charge in [-0.15, -0.1) is 0 Å². The highest BCUT2D eigenvalue weighted by Crippen LogP contribution is 2.19. The lowest BCUT2D eigenvalue weighted by Gasteiger charge is -2.27. The molecule has 0 radical (unpaired) electrons. The van der Waals surface area contributed by atoms with Crippen LogP contribution in [-0.2, 0) is 29.1 Å². The summed E-state index contributed by atoms with van der Waals surface area (Å²) in [5, 5.41) is 3.59. The Kier molecular flexibility index (Phi) is 7.09. The zero-order valence-electron chi connectivity index (χ0n) is 17.9. The number of carbonyl (C=O) groups is 4. The number of esters is 1. The number of nitrogens with zero attached hydrogens (tertiary/aromatic N) is 2. The van der Waals surface area contributed by atoms with E-state index in [0.29, 0.717) is 5.69 Å². The minimum absolute atomic E-state index is 0.00533. The number of anilines is 2. The molecule has 0 aromatic heterocycles. The molecule has 1 aliphatic rings. The van der Waals surface area contributed by atoms with Gasteiger partial charge in [-0.1, -0.05) is 6.07 Å². The Morgan fingerprint density at radius 1 is 1.09 bits per heavy atom. The molecule has 0 atom stereocenters. The summed E-state index contributed by atoms with van der Waals surface area (Å²) < 4.78 is 30.5. The molecule has 0 unspecified atom stereocenters. The molecular formula is C21H22N4O7S. The topological polar surface area (TPSA) is 142 Å². The molecule has 2 aromatic carbocycles. The fourth-order valence-corrected chi connectivity index (χ4v) is 3.84. The normalized spacial score (nSPS) is 14.1. The van der Waals surface area contributed by atoms with Crippen LogP contribution >= 0.6 is 0 Å². The SMILES string of the molecule is CN(C)S(=O)(=O)c1cccc(NC(=O)COC(=O)c2ccc(N3NC(=O)CCC3=O)cc2)c1. The Bertz CT molecular complexity index is 1190. The van der Waals surface area contributed by atoms with E-state index < -0.39 is 28.5 Å². The quantitative estimate of drug-likeness (QED) is 0.568. The van der Waals surface area contributed by atoms with E-state index in [0.717, 1.165) is 9.31 Å². The first kappa shape index (κ1) is 23.9. The summed E-state index contributed by atoms with van der Waals surface area (Å²) in [5.41, 5.74) is 3.21. The summed E-state index contributed by atoms with van der Waals surface area (Å²) in [6, 6.07) is 11.4. The Morgan fingerprint density at radius 3 is 2.45 bits per heavy atom. The lowest BCUT2D eigenvalue weighted by atomic mass is 10.2. The van der Waals surface area contributed by atoms with Crippen molar-refractivity contribution in [2.75, 3.05) is 31.0 Å². The largest absolute Gasteiger partial charge is 0.452 e. The lowest BCUT2D eigenvalue weighted by molar-refractivity contribution is -0.130. The van der Waals surface area contributed by atoms with E-state index in [4.69, 9.17) is 4.74 Å². The van der Waals surface area contributed by atoms with E-state index in [9.17, 15) is 27.6 Å². The smallest absolute Gasteiger partial charge is 0.338 e. The van der Waals surface area contributed by atoms with Crippen LogP contribution < -0.4 is 15.8 Å². The molecule has 3 rings (SSSR count). The fourth-order valence-electron chi connectivity index (χ4n) is 2.89. The van der Waals surface area contributed by atoms with Crippen LogP contribution in [-0.4, -0.2) is 57.1 Å². The van der Waals surface area contributed by atoms with Crippen LogP contribution in [0, 0.1) is 0 Å². The molecule has 2 aromatic rings. The molecule has 1 aliphatic heterocycles. The van der Waals surface area contributed by atoms with E-state index in [1.165, 1.54) is 62.6 Å². The number of nitrogens with one attached hydrogen (secondary N) is 2. The van der Waals surface area contributed by atoms with Crippen LogP contribution in [0.3, 0.4) is 0 Å². The predicted octanol–water partition coefficient (Wildman–Crippen LogP) is 0.890. The number of hydrogen-bond acceptors (Lipinski definition) is 7. The monoisotopic (exact) mass is 474 g/mol. The summed E-state index contributed by atoms with van der Waals surface area (Å²) in [5.74, 6) is -1.98. The molecule has 1 heterocycles. The standard InChI is InChI=1S/C21H22N4O7S/c1-24(2)33(30,31)17-5-3-4-15(12-17)22-19(27)13-32-21(29)14-6-8-16(9-7-14)25-20(28)11-10-18(26)23-25/h3-9,12H,10-11,13H2,1-2H3,(H,22,27)(H,23,26). The van der Waals surface area contributed by atoms with Gasteiger partial charge in [0.15, 0.2) is 6.61 Å². The highest BCUT2D eigenvalue weighted by molar-refractivity contribution is 7.89. The van der Waals surface area contributed by atoms with E-state index in [1.807, 2.05) is 0 Å². The lowest BCUT2D eigenvalue weighted by Crippen LogP contribution is -2.50. The maximum Gasteiger partial charge on any atom is 0.338 e. The number of sulfonamides is 1. The zero-order valence-corrected chi connectivity index (χ0v) is 18.7. The first-order valence-electron chi connectivity index (χ1n) is 9.80. The number of ether oxygens (including phenoxy) is 1. The average molecular weight is 474 g/mol. The molecular weight excluding hydrogens is 452 g/mol. The zero-order chi connectivity index (χ0) is 24.2. The van der Waals surface area contributed by atoms with Gasteiger partial charge >= 0.3 is 5.97 Å². The molecule has 1 fully saturated rings. The second-order valence-corrected chi connectivity index (χ2v) is 9.40. The molecule has 2 N–H and O–H groups in total. The summed E-state index contributed by atoms with van der Waals surface area (Å²) >= 11 is 0. The third kappa shape index (κ3) is 5.73. The van der Waals surface area contributed by atoms with Crippen LogP contribution in [0.2, 0.25) is 0 Å². The number of rotatable bonds is 7. The number of hydrazine groups is 1. The minimum atomic E-state index is -3.67. The van der Waals surface area contributed by atoms with Gasteiger partial charge in [0.25, 0.3) is 5.91 Å². The summed E-state index contributed by atoms with van der Waals surface area (Å²) in [7, 11) is -0.875. The Labute approximate surface area is 190 Å². The van der Waals surface area contributed by atoms with E-state index in [1.54, 1.807) is 0 Å². The fraction of sp³-hybridized carbons (Fsp3) is 0.238. The van der Waals surface area contributed by atoms with Crippen molar-refractivity contribution in [3.05, 3.63) is 54.1 Å². The third-order valence-corrected chi connectivity index (χ3v) is 6.45. The number of hydrogen-bond donors (Lipinski definition) is 2. The van der Waals surface area contributed by atoms with Crippen molar-refractivity contribution in [1.29, 1.82) is 0 Å². The van der Waals surface area contributed by atoms with Crippen molar-refractivity contribution in [2.45, 2.75) is 17.7 Å². The van der Waals surface area contributed by atoms with Gasteiger partial charge in [0, 0.05) is 32.6 Å². The summed E-state index contributed by atoms with van der Waals surface area (Å²) in [6.07, 6.45) is 0.215. The highest BCUT2D eigenvalue weighted by Gasteiger charge is 2.24. The van der Waals surface area contributed by atoms with Gasteiger partial charge in [-0.05, 0) is 42.5 Å². The van der Waals surface area contributed by atoms with Gasteiger partial charge < -0.3 is 10.1 Å². The summed E-state index contributed by atoms with van der Waals surface area (Å²) in [4.78, 5) is 47.8. The van der Waals surface area contributed by atoms with Crippen molar-refractivity contribution in [2.24, 2.45) is 0 Å². The maximum atomic E-state index is 12.2. The van der Waals surface area contributed by atoms with Crippen molar-refractivity contribution in [1.82, 2.24) is 9.73 Å². The molecule has 33 heavy (non-hydrogen) atoms. The average Bonchev–Trinajstić information content (AvgIpc) is 2.79. The third-order valence-electron chi connectivity index (χ3n) is 4.64. The van der Waals surface area contributed by atoms with Crippen LogP contribution in [0.5, 0.6) is 0 Å². The second kappa shape index (κ2) is 9.79. The molecule has 0 aliphatic carbocycles. The number of amides is 3. The molecule has 12 heteroatoms. The Morgan fingerprint density at radius 2 is 1.79 bits per heavy atom. The van der Waals surface area contributed by atoms with Crippen LogP contribution in [0.1, 0.15) is 23.2 Å². The van der Waals surface area contributed by atoms with Gasteiger partial charge in [0.1, 0.15) is 0 Å². The number of carbonyl (C=O) groups excluding carboxylic acids is 4. The van der Waals surface area contributed by atoms with Gasteiger partial charge in [0.05, 0.1) is 16.1 Å². The maximum absolute atomic E-state index is 12.2. The molecule has 174 valence electrons. The molecule has 0 spiro atoms. The van der Waals surface area contributed by atoms with E-state index in [2.05, 4.69) is 10.7 Å². The molecule has 1 saturated heterocycles. The van der Waals surface area contributed by atoms with Crippen LogP contribution in [0.4, 0.5) is 11.4 Å². The molecule has 11 nitrogen and oxygen atoms in total. The highest BCUT2D eigenvalue weighted by atomic mass is 32.2. The van der Waals surface area contributed by atoms with Gasteiger partial charge in [-0.25, -0.2) is 22.5 Å². The van der Waals surface area contributed by atoms with Crippen molar-refractivity contribution >= 4 is 45.1 Å². The van der Waals surface area contributed by atoms with Gasteiger partial charge in [-0.2, -0.15) is 0 Å². The van der Waals surface area contributed by atoms with Crippen LogP contribution in [0.25, 0.3) is 0 Å². The van der Waals surface area contributed by atoms with E-state index >= 15 is 0 Å². The predicted molar refractivity (Wildman–Crippen MR) is 118 cm³/mol. The second-order valence-electron chi connectivity index (χ2n) is 7.25. The van der Waals surface area contributed by atoms with Gasteiger partial charge in [0.2, 0.25) is 21.8 Å². The summed E-state index contributed by atoms with van der Waals surface area (Å²) in [6.45, 7) is -0.591. The van der Waals surface area contributed by atoms with Crippen molar-refractivity contribution < 1.29 is 32.3 Å². The minimum Gasteiger partial charge on any atom is -0.452 e. The van der Waals surface area contributed by atoms with Gasteiger partial charge in [-0.3, -0.25) is 19.8 Å². The van der Waals surface area contributed by atoms with Crippen molar-refractivity contribution in [3.8, 4) is 0 Å².